The zero-order valence-corrected chi connectivity index (χ0v) is 14.5. The van der Waals surface area contributed by atoms with E-state index < -0.39 is 15.8 Å². The third-order valence-electron chi connectivity index (χ3n) is 3.51. The first kappa shape index (κ1) is 18.5. The summed E-state index contributed by atoms with van der Waals surface area (Å²) in [5.74, 6) is -0.790. The van der Waals surface area contributed by atoms with Crippen LogP contribution in [0.15, 0.2) is 60.0 Å². The van der Waals surface area contributed by atoms with Crippen molar-refractivity contribution in [3.05, 3.63) is 66.5 Å². The van der Waals surface area contributed by atoms with Crippen LogP contribution < -0.4 is 9.04 Å². The van der Waals surface area contributed by atoms with Crippen molar-refractivity contribution < 1.29 is 17.5 Å². The topological polar surface area (TPSA) is 70.4 Å². The van der Waals surface area contributed by atoms with Crippen LogP contribution in [0.4, 0.5) is 10.1 Å². The Labute approximate surface area is 146 Å². The molecule has 0 amide bonds. The summed E-state index contributed by atoms with van der Waals surface area (Å²) in [6, 6.07) is 12.1. The molecule has 0 unspecified atom stereocenters. The summed E-state index contributed by atoms with van der Waals surface area (Å²) in [5.41, 5.74) is 1.18. The molecule has 7 heteroatoms. The normalized spacial score (nSPS) is 10.8. The Morgan fingerprint density at radius 3 is 2.48 bits per heavy atom. The van der Waals surface area contributed by atoms with Crippen molar-refractivity contribution in [3.63, 3.8) is 0 Å². The first-order chi connectivity index (χ1) is 11.9. The largest absolute Gasteiger partial charge is 0.494 e. The van der Waals surface area contributed by atoms with E-state index in [4.69, 9.17) is 10.00 Å². The number of ether oxygens (including phenoxy) is 1. The fourth-order valence-electron chi connectivity index (χ4n) is 2.27. The molecule has 0 N–H and O–H groups in total. The molecule has 0 aliphatic carbocycles. The SMILES string of the molecule is C=CCN(c1ccc(CC#N)cc1)S(=O)(=O)c1ccc(OC)c(F)c1. The van der Waals surface area contributed by atoms with Crippen LogP contribution in [0, 0.1) is 17.1 Å². The number of methoxy groups -OCH3 is 1. The van der Waals surface area contributed by atoms with Crippen LogP contribution in [0.25, 0.3) is 0 Å². The minimum Gasteiger partial charge on any atom is -0.494 e. The van der Waals surface area contributed by atoms with Crippen LogP contribution in [-0.4, -0.2) is 22.1 Å². The van der Waals surface area contributed by atoms with Crippen LogP contribution in [-0.2, 0) is 16.4 Å². The molecular weight excluding hydrogens is 343 g/mol. The highest BCUT2D eigenvalue weighted by atomic mass is 32.2. The zero-order valence-electron chi connectivity index (χ0n) is 13.6. The van der Waals surface area contributed by atoms with Crippen LogP contribution in [0.5, 0.6) is 5.75 Å². The van der Waals surface area contributed by atoms with Crippen molar-refractivity contribution >= 4 is 15.7 Å². The van der Waals surface area contributed by atoms with Gasteiger partial charge in [-0.15, -0.1) is 6.58 Å². The van der Waals surface area contributed by atoms with Crippen molar-refractivity contribution in [3.8, 4) is 11.8 Å². The molecule has 0 fully saturated rings. The molecule has 0 spiro atoms. The maximum absolute atomic E-state index is 13.9. The third kappa shape index (κ3) is 3.98. The molecule has 0 aromatic heterocycles. The van der Waals surface area contributed by atoms with E-state index in [1.54, 1.807) is 24.3 Å². The Balaban J connectivity index is 2.45. The second kappa shape index (κ2) is 7.81. The summed E-state index contributed by atoms with van der Waals surface area (Å²) in [5, 5.41) is 8.71. The number of benzene rings is 2. The van der Waals surface area contributed by atoms with Gasteiger partial charge in [-0.25, -0.2) is 12.8 Å². The minimum absolute atomic E-state index is 0.0214. The fourth-order valence-corrected chi connectivity index (χ4v) is 3.71. The molecule has 0 aliphatic rings. The zero-order chi connectivity index (χ0) is 18.4. The van der Waals surface area contributed by atoms with E-state index in [9.17, 15) is 12.8 Å². The van der Waals surface area contributed by atoms with E-state index in [-0.39, 0.29) is 23.6 Å². The molecule has 0 atom stereocenters. The second-order valence-electron chi connectivity index (χ2n) is 5.12. The minimum atomic E-state index is -3.99. The number of nitrogens with zero attached hydrogens (tertiary/aromatic N) is 2. The van der Waals surface area contributed by atoms with Gasteiger partial charge in [-0.3, -0.25) is 4.31 Å². The predicted molar refractivity (Wildman–Crippen MR) is 93.4 cm³/mol. The summed E-state index contributed by atoms with van der Waals surface area (Å²) in [7, 11) is -2.68. The summed E-state index contributed by atoms with van der Waals surface area (Å²) in [6.45, 7) is 3.60. The lowest BCUT2D eigenvalue weighted by molar-refractivity contribution is 0.385. The van der Waals surface area contributed by atoms with Crippen molar-refractivity contribution in [1.29, 1.82) is 5.26 Å². The lowest BCUT2D eigenvalue weighted by Gasteiger charge is -2.23. The monoisotopic (exact) mass is 360 g/mol. The molecule has 5 nitrogen and oxygen atoms in total. The van der Waals surface area contributed by atoms with Crippen LogP contribution in [0.2, 0.25) is 0 Å². The molecular formula is C18H17FN2O3S. The van der Waals surface area contributed by atoms with Gasteiger partial charge in [0.25, 0.3) is 10.0 Å². The lowest BCUT2D eigenvalue weighted by Crippen LogP contribution is -2.31. The lowest BCUT2D eigenvalue weighted by atomic mass is 10.1. The fraction of sp³-hybridized carbons (Fsp3) is 0.167. The van der Waals surface area contributed by atoms with E-state index >= 15 is 0 Å². The average molecular weight is 360 g/mol. The number of halogens is 1. The predicted octanol–water partition coefficient (Wildman–Crippen LogP) is 3.28. The Bertz CT molecular complexity index is 903. The first-order valence-electron chi connectivity index (χ1n) is 7.37. The van der Waals surface area contributed by atoms with E-state index in [0.29, 0.717) is 5.69 Å². The van der Waals surface area contributed by atoms with E-state index in [2.05, 4.69) is 6.58 Å². The highest BCUT2D eigenvalue weighted by Gasteiger charge is 2.25. The van der Waals surface area contributed by atoms with Gasteiger partial charge in [-0.05, 0) is 35.9 Å². The molecule has 0 aliphatic heterocycles. The summed E-state index contributed by atoms with van der Waals surface area (Å²) in [4.78, 5) is -0.186. The molecule has 2 rings (SSSR count). The molecule has 2 aromatic carbocycles. The standard InChI is InChI=1S/C18H17FN2O3S/c1-3-12-21(15-6-4-14(5-7-15)10-11-20)25(22,23)16-8-9-18(24-2)17(19)13-16/h3-9,13H,1,10,12H2,2H3. The summed E-state index contributed by atoms with van der Waals surface area (Å²) >= 11 is 0. The van der Waals surface area contributed by atoms with Gasteiger partial charge >= 0.3 is 0 Å². The number of sulfonamides is 1. The number of hydrogen-bond donors (Lipinski definition) is 0. The van der Waals surface area contributed by atoms with Gasteiger partial charge in [-0.1, -0.05) is 18.2 Å². The molecule has 0 saturated carbocycles. The number of rotatable bonds is 7. The van der Waals surface area contributed by atoms with Gasteiger partial charge in [0.05, 0.1) is 36.7 Å². The maximum atomic E-state index is 13.9. The van der Waals surface area contributed by atoms with Gasteiger partial charge in [0, 0.05) is 0 Å². The molecule has 130 valence electrons. The van der Waals surface area contributed by atoms with E-state index in [1.807, 2.05) is 6.07 Å². The van der Waals surface area contributed by atoms with Crippen LogP contribution >= 0.6 is 0 Å². The quantitative estimate of drug-likeness (QED) is 0.711. The Morgan fingerprint density at radius 1 is 1.28 bits per heavy atom. The number of anilines is 1. The molecule has 0 radical (unpaired) electrons. The van der Waals surface area contributed by atoms with Crippen LogP contribution in [0.3, 0.4) is 0 Å². The van der Waals surface area contributed by atoms with Gasteiger partial charge in [0.15, 0.2) is 11.6 Å². The maximum Gasteiger partial charge on any atom is 0.264 e. The van der Waals surface area contributed by atoms with Crippen molar-refractivity contribution in [1.82, 2.24) is 0 Å². The third-order valence-corrected chi connectivity index (χ3v) is 5.30. The van der Waals surface area contributed by atoms with Gasteiger partial charge in [0.1, 0.15) is 0 Å². The average Bonchev–Trinajstić information content (AvgIpc) is 2.60. The van der Waals surface area contributed by atoms with Crippen molar-refractivity contribution in [2.24, 2.45) is 0 Å². The van der Waals surface area contributed by atoms with Gasteiger partial charge in [0.2, 0.25) is 0 Å². The van der Waals surface area contributed by atoms with E-state index in [0.717, 1.165) is 15.9 Å². The first-order valence-corrected chi connectivity index (χ1v) is 8.81. The van der Waals surface area contributed by atoms with Crippen molar-refractivity contribution in [2.75, 3.05) is 18.0 Å². The van der Waals surface area contributed by atoms with Crippen molar-refractivity contribution in [2.45, 2.75) is 11.3 Å². The highest BCUT2D eigenvalue weighted by Crippen LogP contribution is 2.27. The summed E-state index contributed by atoms with van der Waals surface area (Å²) < 4.78 is 45.7. The summed E-state index contributed by atoms with van der Waals surface area (Å²) in [6.07, 6.45) is 1.68. The van der Waals surface area contributed by atoms with Crippen LogP contribution in [0.1, 0.15) is 5.56 Å². The number of nitriles is 1. The molecule has 0 saturated heterocycles. The number of hydrogen-bond acceptors (Lipinski definition) is 4. The highest BCUT2D eigenvalue weighted by molar-refractivity contribution is 7.92. The van der Waals surface area contributed by atoms with Gasteiger partial charge in [-0.2, -0.15) is 5.26 Å². The Hall–Kier alpha value is -2.85. The molecule has 0 bridgehead atoms. The Kier molecular flexibility index (Phi) is 5.78. The second-order valence-corrected chi connectivity index (χ2v) is 6.98. The smallest absolute Gasteiger partial charge is 0.264 e. The van der Waals surface area contributed by atoms with Gasteiger partial charge < -0.3 is 4.74 Å². The molecule has 25 heavy (non-hydrogen) atoms. The molecule has 0 heterocycles. The Morgan fingerprint density at radius 2 is 1.96 bits per heavy atom. The molecule has 2 aromatic rings. The van der Waals surface area contributed by atoms with E-state index in [1.165, 1.54) is 25.3 Å².